The van der Waals surface area contributed by atoms with Crippen molar-refractivity contribution in [2.75, 3.05) is 6.61 Å². The minimum absolute atomic E-state index is 0.134. The van der Waals surface area contributed by atoms with Crippen molar-refractivity contribution < 1.29 is 19.4 Å². The standard InChI is InChI=1S/C15H18ClNO4/c16-10-5-7-11(8-6-10)21-9-14(18)17-13-4-2-1-3-12(13)15(19)20/h5-8,12-13H,1-4,9H2,(H,17,18)(H,19,20)/t12-,13+/m0/s1. The Morgan fingerprint density at radius 1 is 1.24 bits per heavy atom. The maximum absolute atomic E-state index is 11.9. The normalized spacial score (nSPS) is 21.6. The Morgan fingerprint density at radius 2 is 1.90 bits per heavy atom. The lowest BCUT2D eigenvalue weighted by Crippen LogP contribution is -2.46. The molecule has 0 radical (unpaired) electrons. The predicted octanol–water partition coefficient (Wildman–Crippen LogP) is 2.48. The van der Waals surface area contributed by atoms with E-state index in [0.717, 1.165) is 12.8 Å². The van der Waals surface area contributed by atoms with Crippen molar-refractivity contribution in [3.05, 3.63) is 29.3 Å². The van der Waals surface area contributed by atoms with Crippen LogP contribution in [0.2, 0.25) is 5.02 Å². The number of hydrogen-bond acceptors (Lipinski definition) is 3. The summed E-state index contributed by atoms with van der Waals surface area (Å²) in [5, 5.41) is 12.5. The van der Waals surface area contributed by atoms with Gasteiger partial charge in [0.2, 0.25) is 0 Å². The molecule has 1 aliphatic carbocycles. The molecule has 0 bridgehead atoms. The van der Waals surface area contributed by atoms with E-state index in [1.54, 1.807) is 24.3 Å². The third-order valence-electron chi connectivity index (χ3n) is 3.61. The molecule has 0 saturated heterocycles. The van der Waals surface area contributed by atoms with Gasteiger partial charge in [0.1, 0.15) is 5.75 Å². The fourth-order valence-corrected chi connectivity index (χ4v) is 2.65. The van der Waals surface area contributed by atoms with Crippen LogP contribution >= 0.6 is 11.6 Å². The van der Waals surface area contributed by atoms with Gasteiger partial charge in [-0.1, -0.05) is 24.4 Å². The Kier molecular flexibility index (Phi) is 5.44. The lowest BCUT2D eigenvalue weighted by atomic mass is 9.84. The molecule has 1 amide bonds. The number of hydrogen-bond donors (Lipinski definition) is 2. The molecule has 114 valence electrons. The van der Waals surface area contributed by atoms with E-state index in [1.807, 2.05) is 0 Å². The maximum atomic E-state index is 11.9. The van der Waals surface area contributed by atoms with Crippen LogP contribution < -0.4 is 10.1 Å². The first kappa shape index (κ1) is 15.6. The molecule has 2 N–H and O–H groups in total. The van der Waals surface area contributed by atoms with Crippen LogP contribution in [0.1, 0.15) is 25.7 Å². The van der Waals surface area contributed by atoms with Gasteiger partial charge < -0.3 is 15.2 Å². The van der Waals surface area contributed by atoms with E-state index < -0.39 is 11.9 Å². The molecule has 6 heteroatoms. The van der Waals surface area contributed by atoms with Crippen molar-refractivity contribution in [3.8, 4) is 5.75 Å². The molecule has 21 heavy (non-hydrogen) atoms. The number of amides is 1. The van der Waals surface area contributed by atoms with Crippen LogP contribution in [0.5, 0.6) is 5.75 Å². The van der Waals surface area contributed by atoms with Gasteiger partial charge in [-0.2, -0.15) is 0 Å². The average molecular weight is 312 g/mol. The largest absolute Gasteiger partial charge is 0.484 e. The van der Waals surface area contributed by atoms with Crippen LogP contribution in [0, 0.1) is 5.92 Å². The van der Waals surface area contributed by atoms with E-state index in [9.17, 15) is 9.59 Å². The predicted molar refractivity (Wildman–Crippen MR) is 78.5 cm³/mol. The molecule has 2 rings (SSSR count). The number of carboxylic acid groups (broad SMARTS) is 1. The van der Waals surface area contributed by atoms with Gasteiger partial charge in [0.05, 0.1) is 5.92 Å². The lowest BCUT2D eigenvalue weighted by molar-refractivity contribution is -0.144. The van der Waals surface area contributed by atoms with Gasteiger partial charge in [0.25, 0.3) is 5.91 Å². The number of rotatable bonds is 5. The smallest absolute Gasteiger partial charge is 0.308 e. The molecular formula is C15H18ClNO4. The van der Waals surface area contributed by atoms with Crippen molar-refractivity contribution in [2.24, 2.45) is 5.92 Å². The fraction of sp³-hybridized carbons (Fsp3) is 0.467. The molecule has 1 fully saturated rings. The summed E-state index contributed by atoms with van der Waals surface area (Å²) in [6, 6.07) is 6.40. The van der Waals surface area contributed by atoms with Gasteiger partial charge in [0.15, 0.2) is 6.61 Å². The summed E-state index contributed by atoms with van der Waals surface area (Å²) in [5.74, 6) is -1.10. The zero-order valence-corrected chi connectivity index (χ0v) is 12.3. The number of halogens is 1. The highest BCUT2D eigenvalue weighted by atomic mass is 35.5. The minimum Gasteiger partial charge on any atom is -0.484 e. The van der Waals surface area contributed by atoms with Gasteiger partial charge >= 0.3 is 5.97 Å². The average Bonchev–Trinajstić information content (AvgIpc) is 2.47. The van der Waals surface area contributed by atoms with Crippen molar-refractivity contribution in [2.45, 2.75) is 31.7 Å². The summed E-state index contributed by atoms with van der Waals surface area (Å²) in [7, 11) is 0. The van der Waals surface area contributed by atoms with E-state index >= 15 is 0 Å². The summed E-state index contributed by atoms with van der Waals surface area (Å²) in [4.78, 5) is 23.0. The number of aliphatic carboxylic acids is 1. The van der Waals surface area contributed by atoms with Crippen LogP contribution in [0.25, 0.3) is 0 Å². The second-order valence-electron chi connectivity index (χ2n) is 5.15. The Labute approximate surface area is 128 Å². The minimum atomic E-state index is -0.849. The van der Waals surface area contributed by atoms with Crippen molar-refractivity contribution >= 4 is 23.5 Å². The Bertz CT molecular complexity index is 503. The van der Waals surface area contributed by atoms with Gasteiger partial charge in [-0.15, -0.1) is 0 Å². The van der Waals surface area contributed by atoms with E-state index in [2.05, 4.69) is 5.32 Å². The number of carbonyl (C=O) groups is 2. The molecule has 1 aliphatic rings. The highest BCUT2D eigenvalue weighted by molar-refractivity contribution is 6.30. The topological polar surface area (TPSA) is 75.6 Å². The van der Waals surface area contributed by atoms with Gasteiger partial charge in [-0.05, 0) is 37.1 Å². The van der Waals surface area contributed by atoms with Crippen LogP contribution in [-0.4, -0.2) is 29.6 Å². The van der Waals surface area contributed by atoms with Crippen molar-refractivity contribution in [1.29, 1.82) is 0 Å². The molecule has 5 nitrogen and oxygen atoms in total. The molecule has 0 unspecified atom stereocenters. The molecule has 1 aromatic carbocycles. The van der Waals surface area contributed by atoms with E-state index in [4.69, 9.17) is 21.4 Å². The SMILES string of the molecule is O=C(COc1ccc(Cl)cc1)N[C@@H]1CCCC[C@@H]1C(=O)O. The highest BCUT2D eigenvalue weighted by Gasteiger charge is 2.31. The Morgan fingerprint density at radius 3 is 2.57 bits per heavy atom. The monoisotopic (exact) mass is 311 g/mol. The highest BCUT2D eigenvalue weighted by Crippen LogP contribution is 2.24. The summed E-state index contributed by atoms with van der Waals surface area (Å²) >= 11 is 5.76. The van der Waals surface area contributed by atoms with Crippen LogP contribution in [-0.2, 0) is 9.59 Å². The zero-order valence-electron chi connectivity index (χ0n) is 11.5. The van der Waals surface area contributed by atoms with Crippen LogP contribution in [0.15, 0.2) is 24.3 Å². The molecule has 0 heterocycles. The number of ether oxygens (including phenoxy) is 1. The maximum Gasteiger partial charge on any atom is 0.308 e. The first-order chi connectivity index (χ1) is 10.1. The third kappa shape index (κ3) is 4.63. The third-order valence-corrected chi connectivity index (χ3v) is 3.87. The second kappa shape index (κ2) is 7.31. The van der Waals surface area contributed by atoms with Crippen molar-refractivity contribution in [3.63, 3.8) is 0 Å². The molecule has 0 spiro atoms. The van der Waals surface area contributed by atoms with E-state index in [1.165, 1.54) is 0 Å². The van der Waals surface area contributed by atoms with E-state index in [-0.39, 0.29) is 18.6 Å². The van der Waals surface area contributed by atoms with Crippen LogP contribution in [0.3, 0.4) is 0 Å². The first-order valence-corrected chi connectivity index (χ1v) is 7.34. The summed E-state index contributed by atoms with van der Waals surface area (Å²) in [6.45, 7) is -0.134. The molecule has 0 aliphatic heterocycles. The molecule has 2 atom stereocenters. The quantitative estimate of drug-likeness (QED) is 0.876. The summed E-state index contributed by atoms with van der Waals surface area (Å²) in [6.07, 6.45) is 3.14. The van der Waals surface area contributed by atoms with Gasteiger partial charge in [0, 0.05) is 11.1 Å². The Balaban J connectivity index is 1.83. The van der Waals surface area contributed by atoms with Crippen molar-refractivity contribution in [1.82, 2.24) is 5.32 Å². The fourth-order valence-electron chi connectivity index (χ4n) is 2.53. The first-order valence-electron chi connectivity index (χ1n) is 6.97. The molecule has 1 aromatic rings. The van der Waals surface area contributed by atoms with Crippen LogP contribution in [0.4, 0.5) is 0 Å². The number of carboxylic acids is 1. The summed E-state index contributed by atoms with van der Waals surface area (Å²) in [5.41, 5.74) is 0. The number of benzene rings is 1. The van der Waals surface area contributed by atoms with Gasteiger partial charge in [-0.3, -0.25) is 9.59 Å². The second-order valence-corrected chi connectivity index (χ2v) is 5.58. The summed E-state index contributed by atoms with van der Waals surface area (Å²) < 4.78 is 5.34. The molecule has 1 saturated carbocycles. The van der Waals surface area contributed by atoms with Gasteiger partial charge in [-0.25, -0.2) is 0 Å². The number of nitrogens with one attached hydrogen (secondary N) is 1. The molecular weight excluding hydrogens is 294 g/mol. The Hall–Kier alpha value is -1.75. The number of carbonyl (C=O) groups excluding carboxylic acids is 1. The lowest BCUT2D eigenvalue weighted by Gasteiger charge is -2.29. The molecule has 0 aromatic heterocycles. The zero-order chi connectivity index (χ0) is 15.2. The van der Waals surface area contributed by atoms with E-state index in [0.29, 0.717) is 23.6 Å².